The quantitative estimate of drug-likeness (QED) is 0.913. The van der Waals surface area contributed by atoms with Gasteiger partial charge in [0.1, 0.15) is 4.90 Å². The second-order valence-electron chi connectivity index (χ2n) is 3.57. The van der Waals surface area contributed by atoms with Crippen molar-refractivity contribution in [3.05, 3.63) is 23.0 Å². The third-order valence-corrected chi connectivity index (χ3v) is 4.77. The van der Waals surface area contributed by atoms with Crippen molar-refractivity contribution in [2.75, 3.05) is 4.72 Å². The number of rotatable bonds is 3. The highest BCUT2D eigenvalue weighted by atomic mass is 32.2. The molecule has 0 aliphatic heterocycles. The van der Waals surface area contributed by atoms with Crippen LogP contribution in [0.4, 0.5) is 5.13 Å². The molecule has 2 rings (SSSR count). The first kappa shape index (κ1) is 12.1. The van der Waals surface area contributed by atoms with Crippen molar-refractivity contribution in [2.45, 2.75) is 18.7 Å². The third kappa shape index (κ3) is 2.18. The summed E-state index contributed by atoms with van der Waals surface area (Å²) in [4.78, 5) is 4.11. The molecule has 0 atom stereocenters. The number of aryl methyl sites for hydroxylation is 2. The van der Waals surface area contributed by atoms with Gasteiger partial charge in [0.05, 0.1) is 11.4 Å². The number of aromatic nitrogens is 3. The minimum absolute atomic E-state index is 0.218. The van der Waals surface area contributed by atoms with Crippen molar-refractivity contribution in [3.63, 3.8) is 0 Å². The molecule has 0 saturated carbocycles. The summed E-state index contributed by atoms with van der Waals surface area (Å²) in [5.74, 6) is 0. The predicted octanol–water partition coefficient (Wildman–Crippen LogP) is 1.29. The molecular formula is C9H12N4O2S2. The average molecular weight is 272 g/mol. The van der Waals surface area contributed by atoms with Gasteiger partial charge in [-0.2, -0.15) is 5.10 Å². The highest BCUT2D eigenvalue weighted by Crippen LogP contribution is 2.22. The van der Waals surface area contributed by atoms with Gasteiger partial charge in [-0.15, -0.1) is 11.3 Å². The smallest absolute Gasteiger partial charge is 0.267 e. The van der Waals surface area contributed by atoms with E-state index >= 15 is 0 Å². The van der Waals surface area contributed by atoms with Crippen LogP contribution in [0.3, 0.4) is 0 Å². The minimum atomic E-state index is -3.61. The van der Waals surface area contributed by atoms with Crippen molar-refractivity contribution in [1.82, 2.24) is 14.8 Å². The standard InChI is InChI=1S/C9H12N4O2S2/c1-6-8(7(2)13(3)11-6)17(14,15)12-9-10-4-5-16-9/h4-5H,1-3H3,(H,10,12). The van der Waals surface area contributed by atoms with Gasteiger partial charge in [0.25, 0.3) is 10.0 Å². The van der Waals surface area contributed by atoms with E-state index in [1.54, 1.807) is 37.2 Å². The van der Waals surface area contributed by atoms with Gasteiger partial charge in [-0.1, -0.05) is 0 Å². The summed E-state index contributed by atoms with van der Waals surface area (Å²) in [6.07, 6.45) is 1.55. The van der Waals surface area contributed by atoms with Crippen LogP contribution in [-0.4, -0.2) is 23.2 Å². The van der Waals surface area contributed by atoms with Gasteiger partial charge >= 0.3 is 0 Å². The monoisotopic (exact) mass is 272 g/mol. The molecule has 0 spiro atoms. The third-order valence-electron chi connectivity index (χ3n) is 2.37. The number of hydrogen-bond acceptors (Lipinski definition) is 5. The first-order chi connectivity index (χ1) is 7.92. The second-order valence-corrected chi connectivity index (χ2v) is 6.08. The van der Waals surface area contributed by atoms with E-state index in [0.29, 0.717) is 16.5 Å². The maximum Gasteiger partial charge on any atom is 0.267 e. The predicted molar refractivity (Wildman–Crippen MR) is 65.6 cm³/mol. The molecule has 17 heavy (non-hydrogen) atoms. The topological polar surface area (TPSA) is 76.9 Å². The zero-order chi connectivity index (χ0) is 12.6. The Bertz CT molecular complexity index is 628. The molecule has 8 heteroatoms. The molecule has 0 bridgehead atoms. The lowest BCUT2D eigenvalue weighted by atomic mass is 10.4. The highest BCUT2D eigenvalue weighted by Gasteiger charge is 2.24. The van der Waals surface area contributed by atoms with Crippen LogP contribution < -0.4 is 4.72 Å². The van der Waals surface area contributed by atoms with Crippen molar-refractivity contribution in [1.29, 1.82) is 0 Å². The molecular weight excluding hydrogens is 260 g/mol. The van der Waals surface area contributed by atoms with Crippen molar-refractivity contribution < 1.29 is 8.42 Å². The Morgan fingerprint density at radius 2 is 2.12 bits per heavy atom. The number of nitrogens with one attached hydrogen (secondary N) is 1. The molecule has 0 fully saturated rings. The Morgan fingerprint density at radius 1 is 1.41 bits per heavy atom. The molecule has 0 radical (unpaired) electrons. The van der Waals surface area contributed by atoms with E-state index in [2.05, 4.69) is 14.8 Å². The molecule has 0 unspecified atom stereocenters. The SMILES string of the molecule is Cc1nn(C)c(C)c1S(=O)(=O)Nc1nccs1. The molecule has 92 valence electrons. The average Bonchev–Trinajstić information content (AvgIpc) is 2.76. The fraction of sp³-hybridized carbons (Fsp3) is 0.333. The lowest BCUT2D eigenvalue weighted by molar-refractivity contribution is 0.599. The largest absolute Gasteiger partial charge is 0.271 e. The Morgan fingerprint density at radius 3 is 2.59 bits per heavy atom. The first-order valence-electron chi connectivity index (χ1n) is 4.84. The van der Waals surface area contributed by atoms with E-state index in [-0.39, 0.29) is 4.90 Å². The van der Waals surface area contributed by atoms with Crippen LogP contribution in [0.25, 0.3) is 0 Å². The second kappa shape index (κ2) is 4.11. The lowest BCUT2D eigenvalue weighted by Crippen LogP contribution is -2.14. The van der Waals surface area contributed by atoms with Crippen molar-refractivity contribution in [3.8, 4) is 0 Å². The van der Waals surface area contributed by atoms with Gasteiger partial charge in [0.15, 0.2) is 5.13 Å². The van der Waals surface area contributed by atoms with Crippen molar-refractivity contribution in [2.24, 2.45) is 7.05 Å². The molecule has 0 aromatic carbocycles. The van der Waals surface area contributed by atoms with Crippen LogP contribution in [0.1, 0.15) is 11.4 Å². The van der Waals surface area contributed by atoms with Crippen LogP contribution in [0, 0.1) is 13.8 Å². The van der Waals surface area contributed by atoms with Crippen LogP contribution in [-0.2, 0) is 17.1 Å². The van der Waals surface area contributed by atoms with Gasteiger partial charge in [-0.25, -0.2) is 13.4 Å². The minimum Gasteiger partial charge on any atom is -0.271 e. The fourth-order valence-corrected chi connectivity index (χ4v) is 3.81. The Labute approximate surface area is 103 Å². The van der Waals surface area contributed by atoms with E-state index in [4.69, 9.17) is 0 Å². The Hall–Kier alpha value is -1.41. The normalized spacial score (nSPS) is 11.7. The van der Waals surface area contributed by atoms with Crippen LogP contribution >= 0.6 is 11.3 Å². The molecule has 0 aliphatic carbocycles. The van der Waals surface area contributed by atoms with Crippen LogP contribution in [0.5, 0.6) is 0 Å². The first-order valence-corrected chi connectivity index (χ1v) is 7.20. The number of sulfonamides is 1. The molecule has 0 saturated heterocycles. The molecule has 1 N–H and O–H groups in total. The van der Waals surface area contributed by atoms with Gasteiger partial charge in [-0.3, -0.25) is 9.40 Å². The molecule has 0 amide bonds. The maximum absolute atomic E-state index is 12.2. The summed E-state index contributed by atoms with van der Waals surface area (Å²) in [5, 5.41) is 6.15. The highest BCUT2D eigenvalue weighted by molar-refractivity contribution is 7.93. The van der Waals surface area contributed by atoms with E-state index < -0.39 is 10.0 Å². The molecule has 2 aromatic rings. The van der Waals surface area contributed by atoms with Crippen LogP contribution in [0.2, 0.25) is 0 Å². The van der Waals surface area contributed by atoms with E-state index in [1.165, 1.54) is 11.3 Å². The molecule has 0 aliphatic rings. The van der Waals surface area contributed by atoms with Gasteiger partial charge in [0, 0.05) is 18.6 Å². The summed E-state index contributed by atoms with van der Waals surface area (Å²) in [7, 11) is -1.90. The zero-order valence-corrected chi connectivity index (χ0v) is 11.3. The molecule has 2 heterocycles. The Balaban J connectivity index is 2.45. The number of hydrogen-bond donors (Lipinski definition) is 1. The van der Waals surface area contributed by atoms with E-state index in [1.807, 2.05) is 0 Å². The summed E-state index contributed by atoms with van der Waals surface area (Å²) in [6, 6.07) is 0. The summed E-state index contributed by atoms with van der Waals surface area (Å²) < 4.78 is 28.3. The van der Waals surface area contributed by atoms with Gasteiger partial charge in [-0.05, 0) is 13.8 Å². The lowest BCUT2D eigenvalue weighted by Gasteiger charge is -2.05. The van der Waals surface area contributed by atoms with E-state index in [9.17, 15) is 8.42 Å². The Kier molecular flexibility index (Phi) is 2.92. The van der Waals surface area contributed by atoms with Gasteiger partial charge in [0.2, 0.25) is 0 Å². The number of thiazole rings is 1. The van der Waals surface area contributed by atoms with Crippen molar-refractivity contribution >= 4 is 26.5 Å². The maximum atomic E-state index is 12.2. The molecule has 6 nitrogen and oxygen atoms in total. The number of anilines is 1. The van der Waals surface area contributed by atoms with Gasteiger partial charge < -0.3 is 0 Å². The zero-order valence-electron chi connectivity index (χ0n) is 9.63. The number of nitrogens with zero attached hydrogens (tertiary/aromatic N) is 3. The van der Waals surface area contributed by atoms with Crippen LogP contribution in [0.15, 0.2) is 16.5 Å². The summed E-state index contributed by atoms with van der Waals surface area (Å²) in [5.41, 5.74) is 1.08. The molecule has 2 aromatic heterocycles. The van der Waals surface area contributed by atoms with E-state index in [0.717, 1.165) is 0 Å². The summed E-state index contributed by atoms with van der Waals surface area (Å²) in [6.45, 7) is 3.39. The fourth-order valence-electron chi connectivity index (χ4n) is 1.58. The summed E-state index contributed by atoms with van der Waals surface area (Å²) >= 11 is 1.23.